The number of aromatic nitrogens is 1. The van der Waals surface area contributed by atoms with Gasteiger partial charge in [-0.15, -0.1) is 11.3 Å². The van der Waals surface area contributed by atoms with Crippen molar-refractivity contribution in [3.63, 3.8) is 0 Å². The fraction of sp³-hybridized carbons (Fsp3) is 0. The number of furan rings is 2. The normalized spacial score (nSPS) is 11.8. The minimum absolute atomic E-state index is 0.836. The van der Waals surface area contributed by atoms with Crippen LogP contribution in [0.25, 0.3) is 64.7 Å². The smallest absolute Gasteiger partial charge is 0.159 e. The molecule has 3 heterocycles. The Bertz CT molecular complexity index is 2420. The van der Waals surface area contributed by atoms with Crippen LogP contribution < -0.4 is 4.90 Å². The van der Waals surface area contributed by atoms with Crippen LogP contribution in [0.5, 0.6) is 0 Å². The molecule has 0 unspecified atom stereocenters. The first-order valence-corrected chi connectivity index (χ1v) is 14.7. The second kappa shape index (κ2) is 9.06. The van der Waals surface area contributed by atoms with Crippen molar-refractivity contribution in [3.05, 3.63) is 133 Å². The van der Waals surface area contributed by atoms with Crippen LogP contribution in [0.3, 0.4) is 0 Å². The Balaban J connectivity index is 1.26. The fourth-order valence-electron chi connectivity index (χ4n) is 5.99. The summed E-state index contributed by atoms with van der Waals surface area (Å²) in [4.78, 5) is 7.19. The molecule has 9 aromatic rings. The first kappa shape index (κ1) is 23.3. The molecule has 0 N–H and O–H groups in total. The van der Waals surface area contributed by atoms with Gasteiger partial charge in [-0.2, -0.15) is 0 Å². The zero-order chi connectivity index (χ0) is 27.6. The Morgan fingerprint density at radius 1 is 0.548 bits per heavy atom. The van der Waals surface area contributed by atoms with Gasteiger partial charge in [-0.25, -0.2) is 4.98 Å². The lowest BCUT2D eigenvalue weighted by Crippen LogP contribution is -2.09. The van der Waals surface area contributed by atoms with Gasteiger partial charge in [0, 0.05) is 38.9 Å². The highest BCUT2D eigenvalue weighted by atomic mass is 32.1. The van der Waals surface area contributed by atoms with Crippen LogP contribution in [0.1, 0.15) is 0 Å². The van der Waals surface area contributed by atoms with E-state index in [2.05, 4.69) is 108 Å². The van der Waals surface area contributed by atoms with Gasteiger partial charge < -0.3 is 13.7 Å². The molecule has 0 saturated carbocycles. The Labute approximate surface area is 244 Å². The molecule has 0 aliphatic rings. The molecule has 0 atom stereocenters. The molecule has 5 heteroatoms. The molecule has 0 aliphatic carbocycles. The highest BCUT2D eigenvalue weighted by molar-refractivity contribution is 7.22. The Hall–Kier alpha value is -5.39. The van der Waals surface area contributed by atoms with Gasteiger partial charge in [0.25, 0.3) is 0 Å². The molecule has 0 radical (unpaired) electrons. The summed E-state index contributed by atoms with van der Waals surface area (Å²) in [6.07, 6.45) is 0. The van der Waals surface area contributed by atoms with Crippen LogP contribution >= 0.6 is 11.3 Å². The van der Waals surface area contributed by atoms with E-state index in [4.69, 9.17) is 13.8 Å². The highest BCUT2D eigenvalue weighted by Crippen LogP contribution is 2.45. The maximum absolute atomic E-state index is 6.50. The van der Waals surface area contributed by atoms with E-state index in [9.17, 15) is 0 Å². The van der Waals surface area contributed by atoms with E-state index >= 15 is 0 Å². The summed E-state index contributed by atoms with van der Waals surface area (Å²) in [5, 5.41) is 5.41. The summed E-state index contributed by atoms with van der Waals surface area (Å²) in [6, 6.07) is 45.9. The predicted octanol–water partition coefficient (Wildman–Crippen LogP) is 11.2. The van der Waals surface area contributed by atoms with E-state index in [0.29, 0.717) is 0 Å². The van der Waals surface area contributed by atoms with Crippen molar-refractivity contribution < 1.29 is 8.83 Å². The molecule has 0 spiro atoms. The number of hydrogen-bond donors (Lipinski definition) is 0. The molecule has 0 saturated heterocycles. The maximum Gasteiger partial charge on any atom is 0.159 e. The maximum atomic E-state index is 6.50. The average molecular weight is 559 g/mol. The first-order valence-electron chi connectivity index (χ1n) is 13.9. The van der Waals surface area contributed by atoms with Crippen LogP contribution in [0, 0.1) is 0 Å². The third-order valence-electron chi connectivity index (χ3n) is 7.89. The molecule has 3 aromatic heterocycles. The molecule has 0 aliphatic heterocycles. The molecule has 42 heavy (non-hydrogen) atoms. The lowest BCUT2D eigenvalue weighted by atomic mass is 10.1. The van der Waals surface area contributed by atoms with Crippen molar-refractivity contribution in [3.8, 4) is 10.6 Å². The Morgan fingerprint density at radius 3 is 2.21 bits per heavy atom. The van der Waals surface area contributed by atoms with Crippen LogP contribution in [0.15, 0.2) is 142 Å². The van der Waals surface area contributed by atoms with Gasteiger partial charge in [-0.05, 0) is 48.5 Å². The first-order chi connectivity index (χ1) is 20.8. The zero-order valence-electron chi connectivity index (χ0n) is 22.3. The van der Waals surface area contributed by atoms with Crippen molar-refractivity contribution in [2.24, 2.45) is 0 Å². The summed E-state index contributed by atoms with van der Waals surface area (Å²) < 4.78 is 14.1. The Kier molecular flexibility index (Phi) is 5.03. The predicted molar refractivity (Wildman–Crippen MR) is 174 cm³/mol. The van der Waals surface area contributed by atoms with Crippen molar-refractivity contribution in [1.82, 2.24) is 4.98 Å². The van der Waals surface area contributed by atoms with Gasteiger partial charge in [0.2, 0.25) is 0 Å². The molecule has 198 valence electrons. The number of rotatable bonds is 4. The quantitative estimate of drug-likeness (QED) is 0.215. The number of anilines is 3. The topological polar surface area (TPSA) is 42.4 Å². The zero-order valence-corrected chi connectivity index (χ0v) is 23.1. The number of thiazole rings is 1. The molecule has 9 rings (SSSR count). The van der Waals surface area contributed by atoms with Crippen LogP contribution in [0.2, 0.25) is 0 Å². The summed E-state index contributed by atoms with van der Waals surface area (Å²) in [6.45, 7) is 0. The van der Waals surface area contributed by atoms with Gasteiger partial charge in [0.1, 0.15) is 21.8 Å². The van der Waals surface area contributed by atoms with Crippen molar-refractivity contribution in [1.29, 1.82) is 0 Å². The minimum Gasteiger partial charge on any atom is -0.456 e. The van der Waals surface area contributed by atoms with Gasteiger partial charge in [-0.3, -0.25) is 0 Å². The second-order valence-electron chi connectivity index (χ2n) is 10.4. The summed E-state index contributed by atoms with van der Waals surface area (Å²) in [7, 11) is 0. The van der Waals surface area contributed by atoms with Crippen molar-refractivity contribution >= 4 is 82.5 Å². The molecule has 0 fully saturated rings. The van der Waals surface area contributed by atoms with E-state index in [1.807, 2.05) is 30.3 Å². The number of para-hydroxylation sites is 3. The van der Waals surface area contributed by atoms with E-state index in [1.54, 1.807) is 11.3 Å². The average Bonchev–Trinajstić information content (AvgIpc) is 3.75. The van der Waals surface area contributed by atoms with Gasteiger partial charge in [0.15, 0.2) is 5.58 Å². The van der Waals surface area contributed by atoms with E-state index in [0.717, 1.165) is 81.7 Å². The standard InChI is InChI=1S/C37H22N2O2S/c1-3-10-23(11-4-1)37-38-29-20-21-32-34(36(29)42-37)28-19-18-25(22-33(28)40-32)39(24-12-5-2-6-13-24)30-16-9-15-27-26-14-7-8-17-31(26)41-35(27)30/h1-22H. The molecule has 4 nitrogen and oxygen atoms in total. The van der Waals surface area contributed by atoms with E-state index < -0.39 is 0 Å². The molecule has 0 amide bonds. The Morgan fingerprint density at radius 2 is 1.33 bits per heavy atom. The number of fused-ring (bicyclic) bond motifs is 8. The van der Waals surface area contributed by atoms with Crippen LogP contribution in [-0.4, -0.2) is 4.98 Å². The monoisotopic (exact) mass is 558 g/mol. The van der Waals surface area contributed by atoms with Crippen molar-refractivity contribution in [2.45, 2.75) is 0 Å². The molecule has 6 aromatic carbocycles. The molecular weight excluding hydrogens is 536 g/mol. The van der Waals surface area contributed by atoms with Gasteiger partial charge in [-0.1, -0.05) is 78.9 Å². The number of hydrogen-bond acceptors (Lipinski definition) is 5. The fourth-order valence-corrected chi connectivity index (χ4v) is 7.11. The molecule has 0 bridgehead atoms. The second-order valence-corrected chi connectivity index (χ2v) is 11.4. The third-order valence-corrected chi connectivity index (χ3v) is 9.03. The van der Waals surface area contributed by atoms with Crippen LogP contribution in [0.4, 0.5) is 17.1 Å². The van der Waals surface area contributed by atoms with E-state index in [1.165, 1.54) is 0 Å². The minimum atomic E-state index is 0.836. The number of nitrogens with zero attached hydrogens (tertiary/aromatic N) is 2. The van der Waals surface area contributed by atoms with Gasteiger partial charge in [0.05, 0.1) is 21.6 Å². The summed E-state index contributed by atoms with van der Waals surface area (Å²) in [5.74, 6) is 0. The third kappa shape index (κ3) is 3.51. The van der Waals surface area contributed by atoms with Crippen LogP contribution in [-0.2, 0) is 0 Å². The van der Waals surface area contributed by atoms with E-state index in [-0.39, 0.29) is 0 Å². The SMILES string of the molecule is c1ccc(-c2nc3ccc4oc5cc(N(c6ccccc6)c6cccc7c6oc6ccccc67)ccc5c4c3s2)cc1. The number of benzene rings is 6. The molecular formula is C37H22N2O2S. The lowest BCUT2D eigenvalue weighted by molar-refractivity contribution is 0.667. The van der Waals surface area contributed by atoms with Gasteiger partial charge >= 0.3 is 0 Å². The summed E-state index contributed by atoms with van der Waals surface area (Å²) >= 11 is 1.71. The lowest BCUT2D eigenvalue weighted by Gasteiger charge is -2.25. The summed E-state index contributed by atoms with van der Waals surface area (Å²) in [5.41, 5.74) is 8.55. The largest absolute Gasteiger partial charge is 0.456 e. The highest BCUT2D eigenvalue weighted by Gasteiger charge is 2.21. The van der Waals surface area contributed by atoms with Crippen molar-refractivity contribution in [2.75, 3.05) is 4.90 Å².